The van der Waals surface area contributed by atoms with Crippen molar-refractivity contribution in [3.05, 3.63) is 65.2 Å². The Balaban J connectivity index is 1.89. The van der Waals surface area contributed by atoms with E-state index in [1.165, 1.54) is 16.7 Å². The molecule has 3 heteroatoms. The van der Waals surface area contributed by atoms with Crippen LogP contribution in [0.2, 0.25) is 0 Å². The van der Waals surface area contributed by atoms with Gasteiger partial charge in [-0.2, -0.15) is 0 Å². The molecule has 1 aliphatic carbocycles. The molecule has 1 aliphatic rings. The number of fused-ring (bicyclic) bond motifs is 1. The molecule has 0 saturated carbocycles. The fraction of sp³-hybridized carbons (Fsp3) is 0.435. The van der Waals surface area contributed by atoms with Crippen molar-refractivity contribution in [2.24, 2.45) is 0 Å². The molecular weight excluding hydrogens is 322 g/mol. The van der Waals surface area contributed by atoms with E-state index in [4.69, 9.17) is 0 Å². The van der Waals surface area contributed by atoms with Gasteiger partial charge >= 0.3 is 0 Å². The first-order valence-electron chi connectivity index (χ1n) is 9.72. The van der Waals surface area contributed by atoms with Crippen LogP contribution in [0.25, 0.3) is 0 Å². The van der Waals surface area contributed by atoms with Gasteiger partial charge in [0, 0.05) is 18.8 Å². The zero-order valence-corrected chi connectivity index (χ0v) is 15.8. The largest absolute Gasteiger partial charge is 0.396 e. The van der Waals surface area contributed by atoms with E-state index < -0.39 is 0 Å². The van der Waals surface area contributed by atoms with Crippen molar-refractivity contribution in [2.45, 2.75) is 51.4 Å². The molecule has 26 heavy (non-hydrogen) atoms. The van der Waals surface area contributed by atoms with Crippen LogP contribution < -0.4 is 4.90 Å². The summed E-state index contributed by atoms with van der Waals surface area (Å²) in [6.45, 7) is 4.98. The van der Waals surface area contributed by atoms with E-state index in [1.807, 2.05) is 23.1 Å². The van der Waals surface area contributed by atoms with Crippen LogP contribution in [0.4, 0.5) is 5.69 Å². The molecule has 0 aromatic heterocycles. The van der Waals surface area contributed by atoms with Crippen molar-refractivity contribution in [1.82, 2.24) is 0 Å². The molecule has 0 fully saturated rings. The van der Waals surface area contributed by atoms with Crippen LogP contribution in [0.5, 0.6) is 0 Å². The number of aliphatic hydroxyl groups is 1. The topological polar surface area (TPSA) is 40.5 Å². The summed E-state index contributed by atoms with van der Waals surface area (Å²) < 4.78 is 0. The first-order valence-corrected chi connectivity index (χ1v) is 9.72. The van der Waals surface area contributed by atoms with Gasteiger partial charge in [-0.1, -0.05) is 50.2 Å². The van der Waals surface area contributed by atoms with Gasteiger partial charge in [-0.25, -0.2) is 0 Å². The molecule has 0 heterocycles. The summed E-state index contributed by atoms with van der Waals surface area (Å²) in [5.74, 6) is 0.544. The Kier molecular flexibility index (Phi) is 6.10. The molecule has 1 unspecified atom stereocenters. The lowest BCUT2D eigenvalue weighted by Crippen LogP contribution is -2.37. The molecule has 0 aliphatic heterocycles. The van der Waals surface area contributed by atoms with Gasteiger partial charge in [0.2, 0.25) is 5.91 Å². The van der Waals surface area contributed by atoms with Crippen LogP contribution >= 0.6 is 0 Å². The normalized spacial score (nSPS) is 16.4. The number of carbonyl (C=O) groups excluding carboxylic acids is 1. The van der Waals surface area contributed by atoms with Gasteiger partial charge < -0.3 is 10.0 Å². The third-order valence-electron chi connectivity index (χ3n) is 5.34. The lowest BCUT2D eigenvalue weighted by Gasteiger charge is -2.31. The molecule has 138 valence electrons. The molecule has 0 saturated heterocycles. The lowest BCUT2D eigenvalue weighted by molar-refractivity contribution is -0.120. The Hall–Kier alpha value is -2.13. The molecule has 2 aromatic rings. The number of benzene rings is 2. The number of anilines is 1. The van der Waals surface area contributed by atoms with E-state index in [2.05, 4.69) is 44.2 Å². The van der Waals surface area contributed by atoms with Crippen molar-refractivity contribution < 1.29 is 9.90 Å². The standard InChI is InChI=1S/C23H29NO2/c1-17(2)18-11-13-20(14-12-18)24(15-6-16-25)23(26)22-10-5-8-19-7-3-4-9-21(19)22/h3-4,7,9,11-14,17,22,25H,5-6,8,10,15-16H2,1-2H3. The summed E-state index contributed by atoms with van der Waals surface area (Å²) in [5.41, 5.74) is 4.67. The first-order chi connectivity index (χ1) is 12.6. The maximum Gasteiger partial charge on any atom is 0.234 e. The van der Waals surface area contributed by atoms with E-state index in [9.17, 15) is 9.90 Å². The summed E-state index contributed by atoms with van der Waals surface area (Å²) in [5, 5.41) is 9.29. The maximum atomic E-state index is 13.4. The number of aryl methyl sites for hydroxylation is 1. The number of amides is 1. The average molecular weight is 351 g/mol. The molecule has 1 atom stereocenters. The lowest BCUT2D eigenvalue weighted by atomic mass is 9.82. The van der Waals surface area contributed by atoms with Crippen LogP contribution in [0.3, 0.4) is 0 Å². The van der Waals surface area contributed by atoms with Gasteiger partial charge in [0.25, 0.3) is 0 Å². The zero-order valence-electron chi connectivity index (χ0n) is 15.8. The SMILES string of the molecule is CC(C)c1ccc(N(CCCO)C(=O)C2CCCc3ccccc32)cc1. The van der Waals surface area contributed by atoms with Crippen molar-refractivity contribution in [3.63, 3.8) is 0 Å². The summed E-state index contributed by atoms with van der Waals surface area (Å²) in [6.07, 6.45) is 3.59. The Morgan fingerprint density at radius 3 is 2.58 bits per heavy atom. The molecule has 2 aromatic carbocycles. The number of hydrogen-bond donors (Lipinski definition) is 1. The predicted octanol–water partition coefficient (Wildman–Crippen LogP) is 4.65. The predicted molar refractivity (Wildman–Crippen MR) is 107 cm³/mol. The minimum atomic E-state index is -0.0802. The highest BCUT2D eigenvalue weighted by atomic mass is 16.3. The number of carbonyl (C=O) groups is 1. The molecule has 0 bridgehead atoms. The number of rotatable bonds is 6. The van der Waals surface area contributed by atoms with E-state index in [0.29, 0.717) is 18.9 Å². The summed E-state index contributed by atoms with van der Waals surface area (Å²) in [4.78, 5) is 15.3. The Labute approximate surface area is 156 Å². The first kappa shape index (κ1) is 18.7. The number of aliphatic hydroxyl groups excluding tert-OH is 1. The Morgan fingerprint density at radius 1 is 1.15 bits per heavy atom. The minimum Gasteiger partial charge on any atom is -0.396 e. The van der Waals surface area contributed by atoms with Crippen molar-refractivity contribution in [1.29, 1.82) is 0 Å². The van der Waals surface area contributed by atoms with Crippen LogP contribution in [-0.2, 0) is 11.2 Å². The highest BCUT2D eigenvalue weighted by Crippen LogP contribution is 2.34. The molecule has 1 amide bonds. The van der Waals surface area contributed by atoms with Crippen LogP contribution in [0.1, 0.15) is 61.6 Å². The summed E-state index contributed by atoms with van der Waals surface area (Å²) in [6, 6.07) is 16.6. The van der Waals surface area contributed by atoms with Gasteiger partial charge in [0.15, 0.2) is 0 Å². The van der Waals surface area contributed by atoms with Crippen molar-refractivity contribution >= 4 is 11.6 Å². The van der Waals surface area contributed by atoms with Crippen molar-refractivity contribution in [2.75, 3.05) is 18.1 Å². The van der Waals surface area contributed by atoms with E-state index in [-0.39, 0.29) is 18.4 Å². The zero-order chi connectivity index (χ0) is 18.5. The second-order valence-electron chi connectivity index (χ2n) is 7.46. The molecule has 1 N–H and O–H groups in total. The van der Waals surface area contributed by atoms with Gasteiger partial charge in [-0.3, -0.25) is 4.79 Å². The minimum absolute atomic E-state index is 0.0802. The Bertz CT molecular complexity index is 736. The third kappa shape index (κ3) is 3.99. The van der Waals surface area contributed by atoms with Gasteiger partial charge in [0.1, 0.15) is 0 Å². The highest BCUT2D eigenvalue weighted by molar-refractivity contribution is 5.98. The fourth-order valence-corrected chi connectivity index (χ4v) is 3.83. The van der Waals surface area contributed by atoms with Gasteiger partial charge in [-0.15, -0.1) is 0 Å². The van der Waals surface area contributed by atoms with Crippen molar-refractivity contribution in [3.8, 4) is 0 Å². The Morgan fingerprint density at radius 2 is 1.88 bits per heavy atom. The molecule has 0 radical (unpaired) electrons. The van der Waals surface area contributed by atoms with Crippen LogP contribution in [0.15, 0.2) is 48.5 Å². The molecule has 0 spiro atoms. The quantitative estimate of drug-likeness (QED) is 0.823. The highest BCUT2D eigenvalue weighted by Gasteiger charge is 2.30. The maximum absolute atomic E-state index is 13.4. The van der Waals surface area contributed by atoms with Crippen LogP contribution in [-0.4, -0.2) is 24.2 Å². The van der Waals surface area contributed by atoms with Crippen LogP contribution in [0, 0.1) is 0 Å². The number of nitrogens with zero attached hydrogens (tertiary/aromatic N) is 1. The van der Waals surface area contributed by atoms with E-state index in [0.717, 1.165) is 24.9 Å². The summed E-state index contributed by atoms with van der Waals surface area (Å²) >= 11 is 0. The van der Waals surface area contributed by atoms with Gasteiger partial charge in [0.05, 0.1) is 5.92 Å². The monoisotopic (exact) mass is 351 g/mol. The smallest absolute Gasteiger partial charge is 0.234 e. The second-order valence-corrected chi connectivity index (χ2v) is 7.46. The number of hydrogen-bond acceptors (Lipinski definition) is 2. The molecule has 3 rings (SSSR count). The third-order valence-corrected chi connectivity index (χ3v) is 5.34. The molecule has 3 nitrogen and oxygen atoms in total. The average Bonchev–Trinajstić information content (AvgIpc) is 2.68. The van der Waals surface area contributed by atoms with Gasteiger partial charge in [-0.05, 0) is 60.4 Å². The fourth-order valence-electron chi connectivity index (χ4n) is 3.83. The second kappa shape index (κ2) is 8.50. The van der Waals surface area contributed by atoms with E-state index in [1.54, 1.807) is 0 Å². The summed E-state index contributed by atoms with van der Waals surface area (Å²) in [7, 11) is 0. The molecular formula is C23H29NO2. The van der Waals surface area contributed by atoms with E-state index >= 15 is 0 Å².